The zero-order valence-corrected chi connectivity index (χ0v) is 15.2. The third-order valence-electron chi connectivity index (χ3n) is 4.03. The van der Waals surface area contributed by atoms with Crippen LogP contribution in [0.1, 0.15) is 17.5 Å². The second-order valence-electron chi connectivity index (χ2n) is 5.95. The van der Waals surface area contributed by atoms with Gasteiger partial charge in [0.15, 0.2) is 0 Å². The number of hydrogen-bond acceptors (Lipinski definition) is 3. The smallest absolute Gasteiger partial charge is 0.124 e. The average Bonchev–Trinajstić information content (AvgIpc) is 2.93. The minimum atomic E-state index is 0.292. The summed E-state index contributed by atoms with van der Waals surface area (Å²) in [5.41, 5.74) is 8.29. The molecule has 2 N–H and O–H groups in total. The molecule has 1 fully saturated rings. The Labute approximate surface area is 150 Å². The molecule has 2 aromatic carbocycles. The topological polar surface area (TPSA) is 38.5 Å². The Morgan fingerprint density at radius 1 is 1.22 bits per heavy atom. The number of likely N-dealkylation sites (tertiary alicyclic amines) is 1. The molecule has 3 rings (SSSR count). The van der Waals surface area contributed by atoms with Gasteiger partial charge in [0.2, 0.25) is 0 Å². The summed E-state index contributed by atoms with van der Waals surface area (Å²) < 4.78 is 7.10. The minimum absolute atomic E-state index is 0.292. The zero-order valence-electron chi connectivity index (χ0n) is 12.8. The van der Waals surface area contributed by atoms with Gasteiger partial charge in [-0.05, 0) is 42.3 Å². The van der Waals surface area contributed by atoms with Crippen LogP contribution in [0.15, 0.2) is 46.9 Å². The van der Waals surface area contributed by atoms with Crippen LogP contribution in [-0.4, -0.2) is 24.0 Å². The summed E-state index contributed by atoms with van der Waals surface area (Å²) in [6.07, 6.45) is 1.06. The molecule has 23 heavy (non-hydrogen) atoms. The molecule has 5 heteroatoms. The molecule has 0 saturated carbocycles. The predicted octanol–water partition coefficient (Wildman–Crippen LogP) is 4.21. The molecule has 1 aliphatic heterocycles. The third kappa shape index (κ3) is 4.70. The monoisotopic (exact) mass is 394 g/mol. The van der Waals surface area contributed by atoms with Gasteiger partial charge in [0, 0.05) is 40.7 Å². The van der Waals surface area contributed by atoms with Crippen molar-refractivity contribution in [3.63, 3.8) is 0 Å². The minimum Gasteiger partial charge on any atom is -0.489 e. The summed E-state index contributed by atoms with van der Waals surface area (Å²) >= 11 is 9.46. The van der Waals surface area contributed by atoms with E-state index in [2.05, 4.69) is 26.9 Å². The molecule has 2 aromatic rings. The summed E-state index contributed by atoms with van der Waals surface area (Å²) in [4.78, 5) is 2.38. The van der Waals surface area contributed by atoms with Crippen LogP contribution in [0.3, 0.4) is 0 Å². The molecule has 1 unspecified atom stereocenters. The number of rotatable bonds is 5. The molecule has 0 aromatic heterocycles. The van der Waals surface area contributed by atoms with Gasteiger partial charge in [-0.1, -0.05) is 39.7 Å². The molecule has 1 heterocycles. The molecule has 122 valence electrons. The standard InChI is InChI=1S/C18H20BrClN2O/c19-15-3-6-18(23-12-13-1-4-16(20)5-2-13)14(9-15)10-22-8-7-17(21)11-22/h1-6,9,17H,7-8,10-12,21H2. The van der Waals surface area contributed by atoms with Crippen molar-refractivity contribution < 1.29 is 4.74 Å². The van der Waals surface area contributed by atoms with Gasteiger partial charge >= 0.3 is 0 Å². The first-order chi connectivity index (χ1) is 11.1. The van der Waals surface area contributed by atoms with Crippen LogP contribution >= 0.6 is 27.5 Å². The first kappa shape index (κ1) is 16.8. The molecule has 0 radical (unpaired) electrons. The molecule has 0 spiro atoms. The van der Waals surface area contributed by atoms with E-state index in [4.69, 9.17) is 22.1 Å². The molecule has 0 amide bonds. The molecule has 0 bridgehead atoms. The fraction of sp³-hybridized carbons (Fsp3) is 0.333. The van der Waals surface area contributed by atoms with E-state index in [9.17, 15) is 0 Å². The first-order valence-electron chi connectivity index (χ1n) is 7.74. The summed E-state index contributed by atoms with van der Waals surface area (Å²) in [6, 6.07) is 14.2. The highest BCUT2D eigenvalue weighted by Crippen LogP contribution is 2.26. The highest BCUT2D eigenvalue weighted by atomic mass is 79.9. The van der Waals surface area contributed by atoms with Crippen molar-refractivity contribution in [3.8, 4) is 5.75 Å². The van der Waals surface area contributed by atoms with E-state index < -0.39 is 0 Å². The predicted molar refractivity (Wildman–Crippen MR) is 97.8 cm³/mol. The fourth-order valence-electron chi connectivity index (χ4n) is 2.80. The average molecular weight is 396 g/mol. The molecular weight excluding hydrogens is 376 g/mol. The normalized spacial score (nSPS) is 18.3. The van der Waals surface area contributed by atoms with Gasteiger partial charge in [-0.25, -0.2) is 0 Å². The van der Waals surface area contributed by atoms with E-state index >= 15 is 0 Å². The first-order valence-corrected chi connectivity index (χ1v) is 8.91. The third-order valence-corrected chi connectivity index (χ3v) is 4.78. The van der Waals surface area contributed by atoms with E-state index in [0.717, 1.165) is 46.9 Å². The highest BCUT2D eigenvalue weighted by Gasteiger charge is 2.20. The van der Waals surface area contributed by atoms with Gasteiger partial charge in [-0.15, -0.1) is 0 Å². The summed E-state index contributed by atoms with van der Waals surface area (Å²) in [5, 5.41) is 0.739. The van der Waals surface area contributed by atoms with E-state index in [1.807, 2.05) is 36.4 Å². The van der Waals surface area contributed by atoms with Gasteiger partial charge < -0.3 is 10.5 Å². The molecule has 1 aliphatic rings. The van der Waals surface area contributed by atoms with Gasteiger partial charge in [0.05, 0.1) is 0 Å². The summed E-state index contributed by atoms with van der Waals surface area (Å²) in [5.74, 6) is 0.920. The van der Waals surface area contributed by atoms with Gasteiger partial charge in [-0.3, -0.25) is 4.90 Å². The Kier molecular flexibility index (Phi) is 5.59. The van der Waals surface area contributed by atoms with Crippen molar-refractivity contribution in [2.45, 2.75) is 25.6 Å². The lowest BCUT2D eigenvalue weighted by atomic mass is 10.2. The Morgan fingerprint density at radius 3 is 2.70 bits per heavy atom. The van der Waals surface area contributed by atoms with Crippen LogP contribution in [0, 0.1) is 0 Å². The number of hydrogen-bond donors (Lipinski definition) is 1. The lowest BCUT2D eigenvalue weighted by Crippen LogP contribution is -2.26. The molecular formula is C18H20BrClN2O. The quantitative estimate of drug-likeness (QED) is 0.824. The van der Waals surface area contributed by atoms with Crippen molar-refractivity contribution in [3.05, 3.63) is 63.1 Å². The van der Waals surface area contributed by atoms with Crippen molar-refractivity contribution in [2.24, 2.45) is 5.73 Å². The number of halogens is 2. The van der Waals surface area contributed by atoms with E-state index in [-0.39, 0.29) is 0 Å². The largest absolute Gasteiger partial charge is 0.489 e. The number of nitrogens with zero attached hydrogens (tertiary/aromatic N) is 1. The Bertz CT molecular complexity index is 663. The van der Waals surface area contributed by atoms with Crippen LogP contribution < -0.4 is 10.5 Å². The lowest BCUT2D eigenvalue weighted by molar-refractivity contribution is 0.284. The van der Waals surface area contributed by atoms with Crippen molar-refractivity contribution >= 4 is 27.5 Å². The van der Waals surface area contributed by atoms with Crippen LogP contribution in [0.5, 0.6) is 5.75 Å². The lowest BCUT2D eigenvalue weighted by Gasteiger charge is -2.18. The van der Waals surface area contributed by atoms with Crippen molar-refractivity contribution in [1.29, 1.82) is 0 Å². The zero-order chi connectivity index (χ0) is 16.2. The van der Waals surface area contributed by atoms with Crippen LogP contribution in [0.4, 0.5) is 0 Å². The fourth-order valence-corrected chi connectivity index (χ4v) is 3.34. The van der Waals surface area contributed by atoms with Crippen LogP contribution in [-0.2, 0) is 13.2 Å². The second-order valence-corrected chi connectivity index (χ2v) is 7.30. The second kappa shape index (κ2) is 7.67. The van der Waals surface area contributed by atoms with Gasteiger partial charge in [0.25, 0.3) is 0 Å². The maximum atomic E-state index is 6.03. The van der Waals surface area contributed by atoms with Crippen LogP contribution in [0.25, 0.3) is 0 Å². The van der Waals surface area contributed by atoms with E-state index in [0.29, 0.717) is 12.6 Å². The molecule has 1 atom stereocenters. The van der Waals surface area contributed by atoms with E-state index in [1.165, 1.54) is 5.56 Å². The maximum absolute atomic E-state index is 6.03. The number of ether oxygens (including phenoxy) is 1. The Balaban J connectivity index is 1.69. The molecule has 1 saturated heterocycles. The summed E-state index contributed by atoms with van der Waals surface area (Å²) in [6.45, 7) is 3.39. The summed E-state index contributed by atoms with van der Waals surface area (Å²) in [7, 11) is 0. The molecule has 0 aliphatic carbocycles. The molecule has 3 nitrogen and oxygen atoms in total. The van der Waals surface area contributed by atoms with Crippen molar-refractivity contribution in [2.75, 3.05) is 13.1 Å². The number of nitrogens with two attached hydrogens (primary N) is 1. The van der Waals surface area contributed by atoms with E-state index in [1.54, 1.807) is 0 Å². The highest BCUT2D eigenvalue weighted by molar-refractivity contribution is 9.10. The van der Waals surface area contributed by atoms with Crippen LogP contribution in [0.2, 0.25) is 5.02 Å². The maximum Gasteiger partial charge on any atom is 0.124 e. The van der Waals surface area contributed by atoms with Gasteiger partial charge in [0.1, 0.15) is 12.4 Å². The van der Waals surface area contributed by atoms with Crippen molar-refractivity contribution in [1.82, 2.24) is 4.90 Å². The SMILES string of the molecule is NC1CCN(Cc2cc(Br)ccc2OCc2ccc(Cl)cc2)C1. The Morgan fingerprint density at radius 2 is 2.00 bits per heavy atom. The number of benzene rings is 2. The van der Waals surface area contributed by atoms with Gasteiger partial charge in [-0.2, -0.15) is 0 Å². The Hall–Kier alpha value is -1.07.